The lowest BCUT2D eigenvalue weighted by molar-refractivity contribution is -0.116. The molecule has 1 aromatic rings. The van der Waals surface area contributed by atoms with Crippen molar-refractivity contribution in [2.24, 2.45) is 5.16 Å². The molecular formula is C20H27NO4. The smallest absolute Gasteiger partial charge is 0.168 e. The van der Waals surface area contributed by atoms with Crippen LogP contribution >= 0.6 is 0 Å². The number of Topliss-reactive ketones (excluding diaryl/α,β-unsaturated/α-hetero) is 1. The van der Waals surface area contributed by atoms with E-state index in [1.54, 1.807) is 6.07 Å². The summed E-state index contributed by atoms with van der Waals surface area (Å²) >= 11 is 0. The van der Waals surface area contributed by atoms with Crippen molar-refractivity contribution in [1.29, 1.82) is 0 Å². The number of nitrogens with zero attached hydrogens (tertiary/aromatic N) is 1. The minimum atomic E-state index is -0.230. The fraction of sp³-hybridized carbons (Fsp3) is 0.500. The molecule has 0 spiro atoms. The highest BCUT2D eigenvalue weighted by Crippen LogP contribution is 2.40. The van der Waals surface area contributed by atoms with Crippen LogP contribution in [0, 0.1) is 13.8 Å². The summed E-state index contributed by atoms with van der Waals surface area (Å²) in [6, 6.07) is 3.68. The maximum Gasteiger partial charge on any atom is 0.168 e. The van der Waals surface area contributed by atoms with Gasteiger partial charge in [-0.1, -0.05) is 24.6 Å². The predicted octanol–water partition coefficient (Wildman–Crippen LogP) is 4.46. The number of carbonyl (C=O) groups is 1. The molecule has 0 heterocycles. The van der Waals surface area contributed by atoms with Crippen molar-refractivity contribution >= 4 is 11.5 Å². The summed E-state index contributed by atoms with van der Waals surface area (Å²) in [6.45, 7) is 8.06. The van der Waals surface area contributed by atoms with Gasteiger partial charge in [-0.3, -0.25) is 4.79 Å². The number of phenolic OH excluding ortho intramolecular Hbond substituents is 1. The third-order valence-corrected chi connectivity index (χ3v) is 4.44. The van der Waals surface area contributed by atoms with E-state index >= 15 is 0 Å². The van der Waals surface area contributed by atoms with Crippen LogP contribution in [0.2, 0.25) is 0 Å². The van der Waals surface area contributed by atoms with E-state index in [0.29, 0.717) is 25.2 Å². The van der Waals surface area contributed by atoms with Gasteiger partial charge in [-0.05, 0) is 44.4 Å². The van der Waals surface area contributed by atoms with E-state index < -0.39 is 0 Å². The van der Waals surface area contributed by atoms with Gasteiger partial charge >= 0.3 is 0 Å². The molecule has 2 rings (SSSR count). The number of benzene rings is 1. The zero-order valence-electron chi connectivity index (χ0n) is 15.4. The van der Waals surface area contributed by atoms with Gasteiger partial charge in [0.05, 0.1) is 11.3 Å². The van der Waals surface area contributed by atoms with Gasteiger partial charge < -0.3 is 15.1 Å². The SMILES string of the molecule is CCC/C(=N\OCC)C1=C(O)CC(c2c(C)cc(C)cc2O)CC1=O. The molecule has 1 aliphatic carbocycles. The highest BCUT2D eigenvalue weighted by Gasteiger charge is 2.33. The van der Waals surface area contributed by atoms with E-state index in [2.05, 4.69) is 5.16 Å². The zero-order chi connectivity index (χ0) is 18.6. The minimum Gasteiger partial charge on any atom is -0.511 e. The molecule has 0 saturated heterocycles. The van der Waals surface area contributed by atoms with Crippen molar-refractivity contribution in [3.63, 3.8) is 0 Å². The van der Waals surface area contributed by atoms with Crippen LogP contribution in [0.4, 0.5) is 0 Å². The second kappa shape index (κ2) is 8.19. The molecule has 25 heavy (non-hydrogen) atoms. The lowest BCUT2D eigenvalue weighted by Crippen LogP contribution is -2.24. The number of oxime groups is 1. The average Bonchev–Trinajstić information content (AvgIpc) is 2.51. The number of aliphatic hydroxyl groups excluding tert-OH is 1. The van der Waals surface area contributed by atoms with Gasteiger partial charge in [-0.2, -0.15) is 0 Å². The number of hydrogen-bond acceptors (Lipinski definition) is 5. The predicted molar refractivity (Wildman–Crippen MR) is 98.2 cm³/mol. The molecule has 1 atom stereocenters. The summed E-state index contributed by atoms with van der Waals surface area (Å²) in [6.07, 6.45) is 1.93. The van der Waals surface area contributed by atoms with Crippen molar-refractivity contribution in [1.82, 2.24) is 0 Å². The second-order valence-electron chi connectivity index (χ2n) is 6.57. The fourth-order valence-electron chi connectivity index (χ4n) is 3.51. The monoisotopic (exact) mass is 345 g/mol. The quantitative estimate of drug-likeness (QED) is 0.589. The molecule has 1 unspecified atom stereocenters. The zero-order valence-corrected chi connectivity index (χ0v) is 15.4. The Bertz CT molecular complexity index is 695. The van der Waals surface area contributed by atoms with Crippen LogP contribution in [0.3, 0.4) is 0 Å². The molecule has 0 saturated carbocycles. The van der Waals surface area contributed by atoms with Crippen LogP contribution in [0.15, 0.2) is 28.6 Å². The topological polar surface area (TPSA) is 79.1 Å². The Morgan fingerprint density at radius 1 is 1.24 bits per heavy atom. The Hall–Kier alpha value is -2.30. The van der Waals surface area contributed by atoms with Crippen molar-refractivity contribution < 1.29 is 19.8 Å². The number of aliphatic hydroxyl groups is 1. The standard InChI is InChI=1S/C20H27NO4/c1-5-7-15(21-25-6-2)20-17(23)10-14(11-18(20)24)19-13(4)8-12(3)9-16(19)22/h8-9,14,22-23H,5-7,10-11H2,1-4H3/b21-15+. The van der Waals surface area contributed by atoms with Crippen molar-refractivity contribution in [2.45, 2.75) is 59.3 Å². The lowest BCUT2D eigenvalue weighted by Gasteiger charge is -2.26. The number of aromatic hydroxyl groups is 1. The minimum absolute atomic E-state index is 0.0347. The van der Waals surface area contributed by atoms with Crippen LogP contribution in [-0.4, -0.2) is 28.3 Å². The van der Waals surface area contributed by atoms with Crippen LogP contribution in [0.5, 0.6) is 5.75 Å². The molecule has 0 aliphatic heterocycles. The first-order valence-corrected chi connectivity index (χ1v) is 8.83. The number of allylic oxidation sites excluding steroid dienone is 2. The summed E-state index contributed by atoms with van der Waals surface area (Å²) in [7, 11) is 0. The van der Waals surface area contributed by atoms with E-state index in [1.807, 2.05) is 33.8 Å². The third-order valence-electron chi connectivity index (χ3n) is 4.44. The van der Waals surface area contributed by atoms with Gasteiger partial charge in [-0.25, -0.2) is 0 Å². The van der Waals surface area contributed by atoms with Gasteiger partial charge in [0.25, 0.3) is 0 Å². The maximum absolute atomic E-state index is 12.7. The number of ketones is 1. The fourth-order valence-corrected chi connectivity index (χ4v) is 3.51. The Morgan fingerprint density at radius 3 is 2.52 bits per heavy atom. The van der Waals surface area contributed by atoms with Gasteiger partial charge in [0, 0.05) is 24.3 Å². The van der Waals surface area contributed by atoms with E-state index in [4.69, 9.17) is 4.84 Å². The molecule has 5 heteroatoms. The summed E-state index contributed by atoms with van der Waals surface area (Å²) in [5.74, 6) is -0.164. The van der Waals surface area contributed by atoms with Crippen LogP contribution < -0.4 is 0 Å². The number of rotatable bonds is 6. The molecule has 0 fully saturated rings. The van der Waals surface area contributed by atoms with Crippen molar-refractivity contribution in [3.05, 3.63) is 40.2 Å². The lowest BCUT2D eigenvalue weighted by atomic mass is 9.79. The number of hydrogen-bond donors (Lipinski definition) is 2. The molecule has 0 bridgehead atoms. The first-order valence-electron chi connectivity index (χ1n) is 8.83. The first-order chi connectivity index (χ1) is 11.9. The summed E-state index contributed by atoms with van der Waals surface area (Å²) in [4.78, 5) is 17.8. The molecular weight excluding hydrogens is 318 g/mol. The Balaban J connectivity index is 2.38. The average molecular weight is 345 g/mol. The molecule has 136 valence electrons. The summed E-state index contributed by atoms with van der Waals surface area (Å²) < 4.78 is 0. The van der Waals surface area contributed by atoms with E-state index in [0.717, 1.165) is 23.1 Å². The number of phenols is 1. The second-order valence-corrected chi connectivity index (χ2v) is 6.57. The van der Waals surface area contributed by atoms with Gasteiger partial charge in [-0.15, -0.1) is 0 Å². The van der Waals surface area contributed by atoms with Gasteiger partial charge in [0.1, 0.15) is 18.1 Å². The molecule has 1 aliphatic rings. The molecule has 0 aromatic heterocycles. The van der Waals surface area contributed by atoms with Crippen LogP contribution in [0.1, 0.15) is 62.1 Å². The molecule has 0 amide bonds. The van der Waals surface area contributed by atoms with E-state index in [1.165, 1.54) is 0 Å². The van der Waals surface area contributed by atoms with Crippen LogP contribution in [0.25, 0.3) is 0 Å². The Kier molecular flexibility index (Phi) is 6.23. The molecule has 2 N–H and O–H groups in total. The van der Waals surface area contributed by atoms with E-state index in [-0.39, 0.29) is 35.2 Å². The highest BCUT2D eigenvalue weighted by molar-refractivity contribution is 6.23. The highest BCUT2D eigenvalue weighted by atomic mass is 16.6. The summed E-state index contributed by atoms with van der Waals surface area (Å²) in [5, 5.41) is 24.9. The number of carbonyl (C=O) groups excluding carboxylic acids is 1. The number of aryl methyl sites for hydroxylation is 2. The first kappa shape index (κ1) is 19.0. The van der Waals surface area contributed by atoms with Gasteiger partial charge in [0.15, 0.2) is 5.78 Å². The van der Waals surface area contributed by atoms with E-state index in [9.17, 15) is 15.0 Å². The molecule has 5 nitrogen and oxygen atoms in total. The van der Waals surface area contributed by atoms with Crippen LogP contribution in [-0.2, 0) is 9.63 Å². The Morgan fingerprint density at radius 2 is 1.96 bits per heavy atom. The maximum atomic E-state index is 12.7. The van der Waals surface area contributed by atoms with Crippen molar-refractivity contribution in [2.75, 3.05) is 6.61 Å². The van der Waals surface area contributed by atoms with Crippen molar-refractivity contribution in [3.8, 4) is 5.75 Å². The van der Waals surface area contributed by atoms with Gasteiger partial charge in [0.2, 0.25) is 0 Å². The normalized spacial score (nSPS) is 18.6. The Labute approximate surface area is 149 Å². The third kappa shape index (κ3) is 4.21. The molecule has 0 radical (unpaired) electrons. The largest absolute Gasteiger partial charge is 0.511 e. The summed E-state index contributed by atoms with van der Waals surface area (Å²) in [5.41, 5.74) is 3.44. The molecule has 1 aromatic carbocycles.